The average Bonchev–Trinajstić information content (AvgIpc) is 3.20. The van der Waals surface area contributed by atoms with Crippen LogP contribution in [0.4, 0.5) is 5.69 Å². The van der Waals surface area contributed by atoms with Crippen molar-refractivity contribution in [3.63, 3.8) is 0 Å². The van der Waals surface area contributed by atoms with E-state index in [4.69, 9.17) is 27.9 Å². The van der Waals surface area contributed by atoms with E-state index in [9.17, 15) is 14.7 Å². The summed E-state index contributed by atoms with van der Waals surface area (Å²) < 4.78 is 5.23. The van der Waals surface area contributed by atoms with Crippen molar-refractivity contribution in [1.29, 1.82) is 0 Å². The SMILES string of the molecule is COc1ccc(C2C(C(=O)O)C(C(=O)NN3CCCCC3)=NN2c2ccc(Cl)cc2Cl)cc1. The lowest BCUT2D eigenvalue weighted by Gasteiger charge is -2.28. The lowest BCUT2D eigenvalue weighted by molar-refractivity contribution is -0.140. The average molecular weight is 491 g/mol. The largest absolute Gasteiger partial charge is 0.497 e. The van der Waals surface area contributed by atoms with Crippen LogP contribution in [0, 0.1) is 5.92 Å². The van der Waals surface area contributed by atoms with Gasteiger partial charge in [0.15, 0.2) is 0 Å². The van der Waals surface area contributed by atoms with Gasteiger partial charge in [-0.25, -0.2) is 5.01 Å². The molecule has 0 aliphatic carbocycles. The first-order valence-corrected chi connectivity index (χ1v) is 11.4. The van der Waals surface area contributed by atoms with Gasteiger partial charge in [-0.15, -0.1) is 0 Å². The number of hydrazine groups is 1. The van der Waals surface area contributed by atoms with Crippen LogP contribution >= 0.6 is 23.2 Å². The van der Waals surface area contributed by atoms with E-state index in [2.05, 4.69) is 10.5 Å². The molecule has 2 aliphatic heterocycles. The minimum atomic E-state index is -1.21. The second-order valence-corrected chi connectivity index (χ2v) is 8.79. The fourth-order valence-corrected chi connectivity index (χ4v) is 4.68. The van der Waals surface area contributed by atoms with Crippen LogP contribution in [0.2, 0.25) is 10.0 Å². The van der Waals surface area contributed by atoms with E-state index in [-0.39, 0.29) is 5.71 Å². The van der Waals surface area contributed by atoms with Gasteiger partial charge in [-0.3, -0.25) is 20.0 Å². The molecular weight excluding hydrogens is 467 g/mol. The molecule has 2 aromatic rings. The van der Waals surface area contributed by atoms with Crippen LogP contribution in [-0.2, 0) is 9.59 Å². The summed E-state index contributed by atoms with van der Waals surface area (Å²) in [5, 5.41) is 18.7. The van der Waals surface area contributed by atoms with Gasteiger partial charge in [0.25, 0.3) is 5.91 Å². The van der Waals surface area contributed by atoms with Crippen molar-refractivity contribution in [2.75, 3.05) is 25.2 Å². The van der Waals surface area contributed by atoms with Gasteiger partial charge < -0.3 is 9.84 Å². The Kier molecular flexibility index (Phi) is 7.07. The zero-order chi connectivity index (χ0) is 23.5. The predicted octanol–water partition coefficient (Wildman–Crippen LogP) is 4.14. The molecule has 2 aromatic carbocycles. The predicted molar refractivity (Wildman–Crippen MR) is 127 cm³/mol. The molecule has 1 fully saturated rings. The number of carbonyl (C=O) groups excluding carboxylic acids is 1. The Morgan fingerprint density at radius 1 is 1.09 bits per heavy atom. The Balaban J connectivity index is 1.76. The van der Waals surface area contributed by atoms with Crippen molar-refractivity contribution >= 4 is 46.5 Å². The van der Waals surface area contributed by atoms with Gasteiger partial charge >= 0.3 is 5.97 Å². The van der Waals surface area contributed by atoms with Gasteiger partial charge in [0, 0.05) is 18.1 Å². The molecular formula is C23H24Cl2N4O4. The molecule has 33 heavy (non-hydrogen) atoms. The number of hydrogen-bond acceptors (Lipinski definition) is 6. The molecule has 1 amide bonds. The monoisotopic (exact) mass is 490 g/mol. The number of aliphatic carboxylic acids is 1. The standard InChI is InChI=1S/C23H24Cl2N4O4/c1-33-16-8-5-14(6-9-16)21-19(23(31)32)20(22(30)27-28-11-3-2-4-12-28)26-29(21)18-10-7-15(24)13-17(18)25/h5-10,13,19,21H,2-4,11-12H2,1H3,(H,27,30)(H,31,32). The minimum Gasteiger partial charge on any atom is -0.497 e. The number of amides is 1. The number of benzene rings is 2. The van der Waals surface area contributed by atoms with E-state index in [1.54, 1.807) is 49.6 Å². The van der Waals surface area contributed by atoms with Gasteiger partial charge in [-0.2, -0.15) is 5.10 Å². The molecule has 2 unspecified atom stereocenters. The topological polar surface area (TPSA) is 94.5 Å². The number of hydrazone groups is 1. The van der Waals surface area contributed by atoms with Crippen molar-refractivity contribution < 1.29 is 19.4 Å². The van der Waals surface area contributed by atoms with E-state index in [0.29, 0.717) is 40.1 Å². The number of halogens is 2. The number of carboxylic acids is 1. The third-order valence-electron chi connectivity index (χ3n) is 5.82. The molecule has 0 bridgehead atoms. The van der Waals surface area contributed by atoms with E-state index in [0.717, 1.165) is 19.3 Å². The van der Waals surface area contributed by atoms with Crippen LogP contribution in [-0.4, -0.2) is 47.9 Å². The Bertz CT molecular complexity index is 1070. The Hall–Kier alpha value is -2.81. The molecule has 8 nitrogen and oxygen atoms in total. The summed E-state index contributed by atoms with van der Waals surface area (Å²) in [5.41, 5.74) is 3.85. The summed E-state index contributed by atoms with van der Waals surface area (Å²) in [6.45, 7) is 1.43. The Morgan fingerprint density at radius 2 is 1.79 bits per heavy atom. The van der Waals surface area contributed by atoms with Gasteiger partial charge in [-0.1, -0.05) is 41.8 Å². The molecule has 2 atom stereocenters. The summed E-state index contributed by atoms with van der Waals surface area (Å²) in [6, 6.07) is 11.1. The highest BCUT2D eigenvalue weighted by Gasteiger charge is 2.47. The molecule has 4 rings (SSSR count). The zero-order valence-electron chi connectivity index (χ0n) is 18.0. The van der Waals surface area contributed by atoms with Crippen molar-refractivity contribution in [3.8, 4) is 5.75 Å². The lowest BCUT2D eigenvalue weighted by Crippen LogP contribution is -2.49. The maximum absolute atomic E-state index is 13.2. The normalized spacial score (nSPS) is 20.9. The van der Waals surface area contributed by atoms with E-state index >= 15 is 0 Å². The second kappa shape index (κ2) is 9.99. The van der Waals surface area contributed by atoms with Gasteiger partial charge in [0.05, 0.1) is 23.9 Å². The maximum Gasteiger partial charge on any atom is 0.315 e. The summed E-state index contributed by atoms with van der Waals surface area (Å²) in [4.78, 5) is 25.6. The molecule has 0 radical (unpaired) electrons. The highest BCUT2D eigenvalue weighted by molar-refractivity contribution is 6.44. The number of piperidine rings is 1. The first-order chi connectivity index (χ1) is 15.9. The van der Waals surface area contributed by atoms with Crippen LogP contribution in [0.15, 0.2) is 47.6 Å². The zero-order valence-corrected chi connectivity index (χ0v) is 19.5. The number of carboxylic acid groups (broad SMARTS) is 1. The van der Waals surface area contributed by atoms with Crippen LogP contribution in [0.5, 0.6) is 5.75 Å². The highest BCUT2D eigenvalue weighted by atomic mass is 35.5. The third kappa shape index (κ3) is 4.93. The molecule has 0 spiro atoms. The fraction of sp³-hybridized carbons (Fsp3) is 0.348. The third-order valence-corrected chi connectivity index (χ3v) is 6.36. The molecule has 174 valence electrons. The first-order valence-electron chi connectivity index (χ1n) is 10.6. The molecule has 2 N–H and O–H groups in total. The molecule has 2 heterocycles. The van der Waals surface area contributed by atoms with Crippen LogP contribution in [0.25, 0.3) is 0 Å². The smallest absolute Gasteiger partial charge is 0.315 e. The van der Waals surface area contributed by atoms with E-state index < -0.39 is 23.8 Å². The quantitative estimate of drug-likeness (QED) is 0.631. The number of carbonyl (C=O) groups is 2. The first kappa shape index (κ1) is 23.4. The van der Waals surface area contributed by atoms with E-state index in [1.807, 2.05) is 5.01 Å². The van der Waals surface area contributed by atoms with Gasteiger partial charge in [0.1, 0.15) is 17.4 Å². The minimum absolute atomic E-state index is 0.0834. The summed E-state index contributed by atoms with van der Waals surface area (Å²) in [7, 11) is 1.55. The van der Waals surface area contributed by atoms with Crippen molar-refractivity contribution in [1.82, 2.24) is 10.4 Å². The lowest BCUT2D eigenvalue weighted by atomic mass is 9.89. The fourth-order valence-electron chi connectivity index (χ4n) is 4.18. The second-order valence-electron chi connectivity index (χ2n) is 7.95. The number of ether oxygens (including phenoxy) is 1. The summed E-state index contributed by atoms with van der Waals surface area (Å²) >= 11 is 12.5. The number of anilines is 1. The Labute approximate surface area is 201 Å². The van der Waals surface area contributed by atoms with E-state index in [1.165, 1.54) is 5.01 Å². The highest BCUT2D eigenvalue weighted by Crippen LogP contribution is 2.43. The maximum atomic E-state index is 13.2. The molecule has 0 saturated carbocycles. The van der Waals surface area contributed by atoms with Crippen molar-refractivity contribution in [2.45, 2.75) is 25.3 Å². The number of hydrogen-bond donors (Lipinski definition) is 2. The molecule has 2 aliphatic rings. The Morgan fingerprint density at radius 3 is 2.39 bits per heavy atom. The van der Waals surface area contributed by atoms with Crippen molar-refractivity contribution in [2.24, 2.45) is 11.0 Å². The van der Waals surface area contributed by atoms with Crippen LogP contribution in [0.1, 0.15) is 30.9 Å². The summed E-state index contributed by atoms with van der Waals surface area (Å²) in [5.74, 6) is -2.27. The van der Waals surface area contributed by atoms with Gasteiger partial charge in [-0.05, 0) is 48.7 Å². The number of nitrogens with zero attached hydrogens (tertiary/aromatic N) is 3. The number of nitrogens with one attached hydrogen (secondary N) is 1. The van der Waals surface area contributed by atoms with Crippen LogP contribution in [0.3, 0.4) is 0 Å². The number of rotatable bonds is 6. The molecule has 10 heteroatoms. The van der Waals surface area contributed by atoms with Gasteiger partial charge in [0.2, 0.25) is 0 Å². The molecule has 1 saturated heterocycles. The van der Waals surface area contributed by atoms with Crippen LogP contribution < -0.4 is 15.2 Å². The van der Waals surface area contributed by atoms with Crippen molar-refractivity contribution in [3.05, 3.63) is 58.1 Å². The summed E-state index contributed by atoms with van der Waals surface area (Å²) in [6.07, 6.45) is 3.04. The number of methoxy groups -OCH3 is 1. The molecule has 0 aromatic heterocycles.